The zero-order valence-corrected chi connectivity index (χ0v) is 12.1. The Hall–Kier alpha value is -0.990. The van der Waals surface area contributed by atoms with Crippen molar-refractivity contribution in [2.75, 3.05) is 6.54 Å². The summed E-state index contributed by atoms with van der Waals surface area (Å²) in [5.74, 6) is 0. The van der Waals surface area contributed by atoms with Gasteiger partial charge in [0.05, 0.1) is 10.5 Å². The number of halogens is 1. The van der Waals surface area contributed by atoms with E-state index in [0.29, 0.717) is 6.04 Å². The molecule has 2 aromatic rings. The third kappa shape index (κ3) is 2.88. The van der Waals surface area contributed by atoms with Crippen molar-refractivity contribution >= 4 is 22.5 Å². The van der Waals surface area contributed by atoms with Gasteiger partial charge in [0.15, 0.2) is 0 Å². The van der Waals surface area contributed by atoms with E-state index in [-0.39, 0.29) is 0 Å². The third-order valence-corrected chi connectivity index (χ3v) is 3.52. The lowest BCUT2D eigenvalue weighted by molar-refractivity contribution is 0.571. The molecular formula is C15H21ClN2. The summed E-state index contributed by atoms with van der Waals surface area (Å²) < 4.78 is 2.13. The standard InChI is InChI=1S/C15H21ClN2/c1-11(2)17-9-5-6-12-10-18(3)15-13(12)7-4-8-14(15)16/h4,7-8,10-11,17H,5-6,9H2,1-3H3. The first kappa shape index (κ1) is 13.4. The van der Waals surface area contributed by atoms with Gasteiger partial charge < -0.3 is 9.88 Å². The number of hydrogen-bond donors (Lipinski definition) is 1. The summed E-state index contributed by atoms with van der Waals surface area (Å²) in [6.07, 6.45) is 4.45. The number of aryl methyl sites for hydroxylation is 2. The fourth-order valence-electron chi connectivity index (χ4n) is 2.37. The summed E-state index contributed by atoms with van der Waals surface area (Å²) in [7, 11) is 2.06. The minimum atomic E-state index is 0.562. The van der Waals surface area contributed by atoms with E-state index in [2.05, 4.69) is 43.0 Å². The van der Waals surface area contributed by atoms with Gasteiger partial charge in [-0.25, -0.2) is 0 Å². The van der Waals surface area contributed by atoms with Crippen LogP contribution in [0.4, 0.5) is 0 Å². The van der Waals surface area contributed by atoms with E-state index in [0.717, 1.165) is 29.9 Å². The summed E-state index contributed by atoms with van der Waals surface area (Å²) >= 11 is 6.25. The molecule has 1 aromatic heterocycles. The number of aromatic nitrogens is 1. The van der Waals surface area contributed by atoms with Crippen molar-refractivity contribution < 1.29 is 0 Å². The molecule has 0 bridgehead atoms. The van der Waals surface area contributed by atoms with E-state index >= 15 is 0 Å². The zero-order valence-electron chi connectivity index (χ0n) is 11.3. The highest BCUT2D eigenvalue weighted by Crippen LogP contribution is 2.27. The second kappa shape index (κ2) is 5.77. The maximum Gasteiger partial charge on any atom is 0.0669 e. The average molecular weight is 265 g/mol. The second-order valence-electron chi connectivity index (χ2n) is 5.11. The molecule has 0 spiro atoms. The first-order valence-corrected chi connectivity index (χ1v) is 6.93. The summed E-state index contributed by atoms with van der Waals surface area (Å²) in [5, 5.41) is 5.57. The SMILES string of the molecule is CC(C)NCCCc1cn(C)c2c(Cl)cccc12. The highest BCUT2D eigenvalue weighted by molar-refractivity contribution is 6.35. The van der Waals surface area contributed by atoms with Crippen LogP contribution in [-0.4, -0.2) is 17.2 Å². The van der Waals surface area contributed by atoms with Gasteiger partial charge in [0.25, 0.3) is 0 Å². The molecule has 0 aliphatic heterocycles. The molecule has 0 radical (unpaired) electrons. The van der Waals surface area contributed by atoms with Crippen LogP contribution in [0.25, 0.3) is 10.9 Å². The summed E-state index contributed by atoms with van der Waals surface area (Å²) in [6, 6.07) is 6.70. The first-order valence-electron chi connectivity index (χ1n) is 6.55. The Morgan fingerprint density at radius 3 is 2.83 bits per heavy atom. The number of fused-ring (bicyclic) bond motifs is 1. The molecule has 0 fully saturated rings. The molecular weight excluding hydrogens is 244 g/mol. The largest absolute Gasteiger partial charge is 0.349 e. The summed E-state index contributed by atoms with van der Waals surface area (Å²) in [4.78, 5) is 0. The number of nitrogens with one attached hydrogen (secondary N) is 1. The number of para-hydroxylation sites is 1. The topological polar surface area (TPSA) is 17.0 Å². The van der Waals surface area contributed by atoms with Crippen molar-refractivity contribution in [1.29, 1.82) is 0 Å². The normalized spacial score (nSPS) is 11.6. The molecule has 3 heteroatoms. The molecule has 0 unspecified atom stereocenters. The third-order valence-electron chi connectivity index (χ3n) is 3.21. The maximum absolute atomic E-state index is 6.25. The van der Waals surface area contributed by atoms with E-state index < -0.39 is 0 Å². The smallest absolute Gasteiger partial charge is 0.0669 e. The van der Waals surface area contributed by atoms with Crippen molar-refractivity contribution in [2.45, 2.75) is 32.7 Å². The van der Waals surface area contributed by atoms with Gasteiger partial charge in [0.2, 0.25) is 0 Å². The molecule has 0 amide bonds. The van der Waals surface area contributed by atoms with E-state index in [9.17, 15) is 0 Å². The van der Waals surface area contributed by atoms with Crippen molar-refractivity contribution in [3.63, 3.8) is 0 Å². The van der Waals surface area contributed by atoms with Crippen LogP contribution in [0.15, 0.2) is 24.4 Å². The van der Waals surface area contributed by atoms with Gasteiger partial charge in [0, 0.05) is 24.7 Å². The lowest BCUT2D eigenvalue weighted by Gasteiger charge is -2.07. The lowest BCUT2D eigenvalue weighted by atomic mass is 10.1. The van der Waals surface area contributed by atoms with Crippen LogP contribution in [0.2, 0.25) is 5.02 Å². The van der Waals surface area contributed by atoms with E-state index in [4.69, 9.17) is 11.6 Å². The Labute approximate surface area is 114 Å². The summed E-state index contributed by atoms with van der Waals surface area (Å²) in [5.41, 5.74) is 2.53. The molecule has 0 saturated heterocycles. The molecule has 0 aliphatic rings. The number of hydrogen-bond acceptors (Lipinski definition) is 1. The van der Waals surface area contributed by atoms with Gasteiger partial charge in [-0.2, -0.15) is 0 Å². The molecule has 2 nitrogen and oxygen atoms in total. The zero-order chi connectivity index (χ0) is 13.1. The molecule has 0 atom stereocenters. The molecule has 18 heavy (non-hydrogen) atoms. The summed E-state index contributed by atoms with van der Waals surface area (Å²) in [6.45, 7) is 5.42. The van der Waals surface area contributed by atoms with Gasteiger partial charge >= 0.3 is 0 Å². The monoisotopic (exact) mass is 264 g/mol. The van der Waals surface area contributed by atoms with E-state index in [1.165, 1.54) is 10.9 Å². The van der Waals surface area contributed by atoms with Gasteiger partial charge in [0.1, 0.15) is 0 Å². The van der Waals surface area contributed by atoms with Crippen LogP contribution in [0, 0.1) is 0 Å². The maximum atomic E-state index is 6.25. The number of rotatable bonds is 5. The second-order valence-corrected chi connectivity index (χ2v) is 5.52. The predicted molar refractivity (Wildman–Crippen MR) is 79.4 cm³/mol. The highest BCUT2D eigenvalue weighted by atomic mass is 35.5. The minimum absolute atomic E-state index is 0.562. The highest BCUT2D eigenvalue weighted by Gasteiger charge is 2.08. The predicted octanol–water partition coefficient (Wildman–Crippen LogP) is 3.76. The van der Waals surface area contributed by atoms with Crippen LogP contribution in [0.1, 0.15) is 25.8 Å². The Morgan fingerprint density at radius 2 is 2.11 bits per heavy atom. The Morgan fingerprint density at radius 1 is 1.33 bits per heavy atom. The van der Waals surface area contributed by atoms with Crippen LogP contribution >= 0.6 is 11.6 Å². The molecule has 2 rings (SSSR count). The van der Waals surface area contributed by atoms with Crippen LogP contribution in [0.5, 0.6) is 0 Å². The van der Waals surface area contributed by atoms with Gasteiger partial charge in [-0.05, 0) is 31.0 Å². The van der Waals surface area contributed by atoms with E-state index in [1.807, 2.05) is 12.1 Å². The molecule has 1 heterocycles. The lowest BCUT2D eigenvalue weighted by Crippen LogP contribution is -2.23. The fraction of sp³-hybridized carbons (Fsp3) is 0.467. The van der Waals surface area contributed by atoms with E-state index in [1.54, 1.807) is 0 Å². The Kier molecular flexibility index (Phi) is 4.31. The van der Waals surface area contributed by atoms with Crippen molar-refractivity contribution in [2.24, 2.45) is 7.05 Å². The van der Waals surface area contributed by atoms with Gasteiger partial charge in [-0.1, -0.05) is 37.6 Å². The van der Waals surface area contributed by atoms with Gasteiger partial charge in [-0.15, -0.1) is 0 Å². The van der Waals surface area contributed by atoms with Crippen LogP contribution < -0.4 is 5.32 Å². The Bertz CT molecular complexity index is 529. The van der Waals surface area contributed by atoms with Crippen LogP contribution in [-0.2, 0) is 13.5 Å². The molecule has 98 valence electrons. The number of benzene rings is 1. The Balaban J connectivity index is 2.12. The first-order chi connectivity index (χ1) is 8.59. The fourth-order valence-corrected chi connectivity index (χ4v) is 2.68. The quantitative estimate of drug-likeness (QED) is 0.814. The minimum Gasteiger partial charge on any atom is -0.349 e. The molecule has 1 aromatic carbocycles. The molecule has 1 N–H and O–H groups in total. The molecule has 0 aliphatic carbocycles. The van der Waals surface area contributed by atoms with Crippen molar-refractivity contribution in [1.82, 2.24) is 9.88 Å². The average Bonchev–Trinajstić information content (AvgIpc) is 2.63. The van der Waals surface area contributed by atoms with Crippen molar-refractivity contribution in [3.8, 4) is 0 Å². The van der Waals surface area contributed by atoms with Gasteiger partial charge in [-0.3, -0.25) is 0 Å². The number of nitrogens with zero attached hydrogens (tertiary/aromatic N) is 1. The van der Waals surface area contributed by atoms with Crippen molar-refractivity contribution in [3.05, 3.63) is 35.0 Å². The molecule has 0 saturated carbocycles. The van der Waals surface area contributed by atoms with Crippen LogP contribution in [0.3, 0.4) is 0 Å².